The number of nitrogens with zero attached hydrogens (tertiary/aromatic N) is 2. The van der Waals surface area contributed by atoms with Crippen LogP contribution in [-0.2, 0) is 4.79 Å². The van der Waals surface area contributed by atoms with E-state index in [-0.39, 0.29) is 5.91 Å². The van der Waals surface area contributed by atoms with Gasteiger partial charge in [-0.25, -0.2) is 0 Å². The van der Waals surface area contributed by atoms with Crippen LogP contribution in [0.4, 0.5) is 5.69 Å². The van der Waals surface area contributed by atoms with E-state index >= 15 is 0 Å². The smallest absolute Gasteiger partial charge is 0.323 e. The summed E-state index contributed by atoms with van der Waals surface area (Å²) in [7, 11) is 0. The Labute approximate surface area is 116 Å². The minimum atomic E-state index is -1.07. The summed E-state index contributed by atoms with van der Waals surface area (Å²) in [6.45, 7) is 3.24. The van der Waals surface area contributed by atoms with E-state index in [9.17, 15) is 9.59 Å². The Balaban J connectivity index is 2.37. The predicted molar refractivity (Wildman–Crippen MR) is 73.8 cm³/mol. The van der Waals surface area contributed by atoms with Crippen molar-refractivity contribution in [3.63, 3.8) is 0 Å². The zero-order valence-corrected chi connectivity index (χ0v) is 11.3. The number of hydrogen-bond acceptors (Lipinski definition) is 3. The second kappa shape index (κ2) is 5.56. The van der Waals surface area contributed by atoms with Crippen LogP contribution < -0.4 is 4.90 Å². The Morgan fingerprint density at radius 2 is 1.90 bits per heavy atom. The van der Waals surface area contributed by atoms with Crippen LogP contribution in [0.3, 0.4) is 0 Å². The van der Waals surface area contributed by atoms with E-state index in [1.165, 1.54) is 11.1 Å². The van der Waals surface area contributed by atoms with Crippen LogP contribution >= 0.6 is 0 Å². The summed E-state index contributed by atoms with van der Waals surface area (Å²) in [5.74, 6) is -1.46. The maximum absolute atomic E-state index is 12.5. The molecule has 2 aromatic rings. The Morgan fingerprint density at radius 1 is 1.25 bits per heavy atom. The minimum Gasteiger partial charge on any atom is -0.480 e. The van der Waals surface area contributed by atoms with Crippen LogP contribution in [-0.4, -0.2) is 33.7 Å². The highest BCUT2D eigenvalue weighted by molar-refractivity contribution is 6.08. The number of benzene rings is 1. The van der Waals surface area contributed by atoms with Gasteiger partial charge in [0.2, 0.25) is 0 Å². The summed E-state index contributed by atoms with van der Waals surface area (Å²) in [4.78, 5) is 24.7. The Hall–Kier alpha value is -2.63. The average Bonchev–Trinajstić information content (AvgIpc) is 2.82. The molecule has 0 saturated carbocycles. The van der Waals surface area contributed by atoms with Crippen molar-refractivity contribution in [3.8, 4) is 0 Å². The number of carboxylic acid groups (broad SMARTS) is 1. The number of rotatable bonds is 4. The molecule has 0 aliphatic carbocycles. The molecule has 0 spiro atoms. The van der Waals surface area contributed by atoms with Gasteiger partial charge in [-0.15, -0.1) is 0 Å². The van der Waals surface area contributed by atoms with Crippen LogP contribution in [0.2, 0.25) is 0 Å². The van der Waals surface area contributed by atoms with Crippen molar-refractivity contribution in [1.29, 1.82) is 0 Å². The number of carboxylic acids is 1. The van der Waals surface area contributed by atoms with Crippen LogP contribution in [0.1, 0.15) is 21.6 Å². The van der Waals surface area contributed by atoms with Crippen LogP contribution in [0, 0.1) is 13.8 Å². The number of H-pyrrole nitrogens is 1. The molecule has 1 heterocycles. The molecule has 0 atom stereocenters. The van der Waals surface area contributed by atoms with E-state index in [2.05, 4.69) is 10.2 Å². The summed E-state index contributed by atoms with van der Waals surface area (Å²) in [6, 6.07) is 7.12. The summed E-state index contributed by atoms with van der Waals surface area (Å²) in [6.07, 6.45) is 1.40. The van der Waals surface area contributed by atoms with Gasteiger partial charge >= 0.3 is 5.97 Å². The predicted octanol–water partition coefficient (Wildman–Crippen LogP) is 1.76. The van der Waals surface area contributed by atoms with Crippen molar-refractivity contribution >= 4 is 17.6 Å². The standard InChI is InChI=1S/C14H15N3O3/c1-9-3-5-11(6-4-9)17(8-13(18)19)14(20)12-7-15-16-10(12)2/h3-7H,8H2,1-2H3,(H,15,16)(H,18,19). The summed E-state index contributed by atoms with van der Waals surface area (Å²) < 4.78 is 0. The number of carbonyl (C=O) groups excluding carboxylic acids is 1. The van der Waals surface area contributed by atoms with Gasteiger partial charge < -0.3 is 5.11 Å². The normalized spacial score (nSPS) is 10.3. The third-order valence-corrected chi connectivity index (χ3v) is 2.94. The van der Waals surface area contributed by atoms with E-state index in [1.54, 1.807) is 19.1 Å². The highest BCUT2D eigenvalue weighted by Crippen LogP contribution is 2.18. The van der Waals surface area contributed by atoms with E-state index in [4.69, 9.17) is 5.11 Å². The zero-order valence-electron chi connectivity index (χ0n) is 11.3. The van der Waals surface area contributed by atoms with Crippen molar-refractivity contribution in [2.75, 3.05) is 11.4 Å². The fourth-order valence-electron chi connectivity index (χ4n) is 1.85. The van der Waals surface area contributed by atoms with Gasteiger partial charge in [0, 0.05) is 11.4 Å². The number of amides is 1. The Bertz CT molecular complexity index is 631. The molecule has 20 heavy (non-hydrogen) atoms. The van der Waals surface area contributed by atoms with Gasteiger partial charge in [0.05, 0.1) is 11.8 Å². The van der Waals surface area contributed by atoms with Gasteiger partial charge in [0.25, 0.3) is 5.91 Å². The number of aryl methyl sites for hydroxylation is 2. The molecule has 1 aromatic heterocycles. The second-order valence-electron chi connectivity index (χ2n) is 4.53. The molecule has 1 aromatic carbocycles. The van der Waals surface area contributed by atoms with E-state index in [0.717, 1.165) is 5.56 Å². The number of aromatic nitrogens is 2. The molecule has 0 radical (unpaired) electrons. The van der Waals surface area contributed by atoms with Gasteiger partial charge in [-0.05, 0) is 26.0 Å². The lowest BCUT2D eigenvalue weighted by atomic mass is 10.1. The summed E-state index contributed by atoms with van der Waals surface area (Å²) >= 11 is 0. The van der Waals surface area contributed by atoms with Crippen LogP contribution in [0.15, 0.2) is 30.5 Å². The van der Waals surface area contributed by atoms with Crippen molar-refractivity contribution < 1.29 is 14.7 Å². The number of aliphatic carboxylic acids is 1. The number of anilines is 1. The molecule has 1 amide bonds. The van der Waals surface area contributed by atoms with Gasteiger partial charge in [0.1, 0.15) is 6.54 Å². The van der Waals surface area contributed by atoms with Crippen molar-refractivity contribution in [2.24, 2.45) is 0 Å². The van der Waals surface area contributed by atoms with Crippen molar-refractivity contribution in [2.45, 2.75) is 13.8 Å². The second-order valence-corrected chi connectivity index (χ2v) is 4.53. The molecule has 2 rings (SSSR count). The lowest BCUT2D eigenvalue weighted by molar-refractivity contribution is -0.135. The number of hydrogen-bond donors (Lipinski definition) is 2. The zero-order chi connectivity index (χ0) is 14.7. The number of aromatic amines is 1. The highest BCUT2D eigenvalue weighted by atomic mass is 16.4. The van der Waals surface area contributed by atoms with Gasteiger partial charge in [-0.1, -0.05) is 17.7 Å². The quantitative estimate of drug-likeness (QED) is 0.888. The summed E-state index contributed by atoms with van der Waals surface area (Å²) in [5.41, 5.74) is 2.56. The maximum Gasteiger partial charge on any atom is 0.323 e. The van der Waals surface area contributed by atoms with Gasteiger partial charge in [-0.2, -0.15) is 5.10 Å². The Morgan fingerprint density at radius 3 is 2.40 bits per heavy atom. The topological polar surface area (TPSA) is 86.3 Å². The van der Waals surface area contributed by atoms with Gasteiger partial charge in [0.15, 0.2) is 0 Å². The molecule has 6 heteroatoms. The first-order chi connectivity index (χ1) is 9.49. The van der Waals surface area contributed by atoms with E-state index < -0.39 is 12.5 Å². The molecule has 104 valence electrons. The first kappa shape index (κ1) is 13.8. The molecular weight excluding hydrogens is 258 g/mol. The molecular formula is C14H15N3O3. The van der Waals surface area contributed by atoms with Crippen molar-refractivity contribution in [1.82, 2.24) is 10.2 Å². The van der Waals surface area contributed by atoms with Crippen molar-refractivity contribution in [3.05, 3.63) is 47.3 Å². The number of carbonyl (C=O) groups is 2. The minimum absolute atomic E-state index is 0.367. The molecule has 6 nitrogen and oxygen atoms in total. The molecule has 0 bridgehead atoms. The third kappa shape index (κ3) is 2.85. The fraction of sp³-hybridized carbons (Fsp3) is 0.214. The molecule has 0 unspecified atom stereocenters. The van der Waals surface area contributed by atoms with E-state index in [1.807, 2.05) is 19.1 Å². The number of nitrogens with one attached hydrogen (secondary N) is 1. The first-order valence-corrected chi connectivity index (χ1v) is 6.09. The van der Waals surface area contributed by atoms with E-state index in [0.29, 0.717) is 16.9 Å². The maximum atomic E-state index is 12.5. The fourth-order valence-corrected chi connectivity index (χ4v) is 1.85. The monoisotopic (exact) mass is 273 g/mol. The van der Waals surface area contributed by atoms with Crippen LogP contribution in [0.25, 0.3) is 0 Å². The molecule has 2 N–H and O–H groups in total. The average molecular weight is 273 g/mol. The molecule has 0 fully saturated rings. The molecule has 0 saturated heterocycles. The van der Waals surface area contributed by atoms with Gasteiger partial charge in [-0.3, -0.25) is 19.6 Å². The molecule has 0 aliphatic heterocycles. The first-order valence-electron chi connectivity index (χ1n) is 6.09. The Kier molecular flexibility index (Phi) is 3.84. The molecule has 0 aliphatic rings. The third-order valence-electron chi connectivity index (χ3n) is 2.94. The summed E-state index contributed by atoms with van der Waals surface area (Å²) in [5, 5.41) is 15.5. The van der Waals surface area contributed by atoms with Crippen LogP contribution in [0.5, 0.6) is 0 Å². The SMILES string of the molecule is Cc1ccc(N(CC(=O)O)C(=O)c2cn[nH]c2C)cc1. The lowest BCUT2D eigenvalue weighted by Crippen LogP contribution is -2.35. The highest BCUT2D eigenvalue weighted by Gasteiger charge is 2.22. The largest absolute Gasteiger partial charge is 0.480 e. The lowest BCUT2D eigenvalue weighted by Gasteiger charge is -2.20.